The number of hydrogen-bond donors (Lipinski definition) is 1. The van der Waals surface area contributed by atoms with Gasteiger partial charge in [0.2, 0.25) is 0 Å². The minimum absolute atomic E-state index is 0.118. The highest BCUT2D eigenvalue weighted by atomic mass is 32.2. The molecule has 1 saturated heterocycles. The van der Waals surface area contributed by atoms with Gasteiger partial charge in [-0.15, -0.1) is 0 Å². The molecule has 0 spiro atoms. The van der Waals surface area contributed by atoms with Gasteiger partial charge in [0.15, 0.2) is 5.03 Å². The number of hydrogen-bond acceptors (Lipinski definition) is 5. The first-order valence-electron chi connectivity index (χ1n) is 8.15. The van der Waals surface area contributed by atoms with Gasteiger partial charge in [-0.1, -0.05) is 13.8 Å². The normalized spacial score (nSPS) is 23.3. The van der Waals surface area contributed by atoms with Crippen LogP contribution in [0, 0.1) is 11.8 Å². The van der Waals surface area contributed by atoms with Crippen LogP contribution in [0.2, 0.25) is 0 Å². The van der Waals surface area contributed by atoms with Crippen LogP contribution in [0.1, 0.15) is 26.7 Å². The molecule has 0 bridgehead atoms. The van der Waals surface area contributed by atoms with Crippen molar-refractivity contribution in [2.45, 2.75) is 38.4 Å². The van der Waals surface area contributed by atoms with E-state index < -0.39 is 10.0 Å². The molecule has 0 radical (unpaired) electrons. The quantitative estimate of drug-likeness (QED) is 0.716. The Kier molecular flexibility index (Phi) is 6.58. The van der Waals surface area contributed by atoms with E-state index in [4.69, 9.17) is 4.74 Å². The lowest BCUT2D eigenvalue weighted by atomic mass is 9.92. The molecule has 2 rings (SSSR count). The van der Waals surface area contributed by atoms with Crippen LogP contribution in [0.3, 0.4) is 0 Å². The molecule has 1 aromatic rings. The molecule has 23 heavy (non-hydrogen) atoms. The Morgan fingerprint density at radius 1 is 1.35 bits per heavy atom. The Morgan fingerprint density at radius 2 is 2.04 bits per heavy atom. The second kappa shape index (κ2) is 8.23. The largest absolute Gasteiger partial charge is 0.362 e. The van der Waals surface area contributed by atoms with E-state index in [2.05, 4.69) is 28.6 Å². The molecular formula is C15H28N4O3S. The monoisotopic (exact) mass is 344 g/mol. The average Bonchev–Trinajstić information content (AvgIpc) is 2.92. The summed E-state index contributed by atoms with van der Waals surface area (Å²) in [7, 11) is -2.04. The van der Waals surface area contributed by atoms with Gasteiger partial charge in [0, 0.05) is 26.7 Å². The molecule has 0 aliphatic carbocycles. The van der Waals surface area contributed by atoms with E-state index in [1.165, 1.54) is 30.5 Å². The average molecular weight is 344 g/mol. The molecule has 2 atom stereocenters. The highest BCUT2D eigenvalue weighted by Crippen LogP contribution is 2.20. The highest BCUT2D eigenvalue weighted by Gasteiger charge is 2.22. The lowest BCUT2D eigenvalue weighted by Gasteiger charge is -2.34. The van der Waals surface area contributed by atoms with Crippen LogP contribution in [0.5, 0.6) is 0 Å². The fourth-order valence-corrected chi connectivity index (χ4v) is 4.50. The van der Waals surface area contributed by atoms with Crippen molar-refractivity contribution in [1.29, 1.82) is 0 Å². The molecular weight excluding hydrogens is 316 g/mol. The Morgan fingerprint density at radius 3 is 2.70 bits per heavy atom. The molecule has 0 saturated carbocycles. The number of ether oxygens (including phenoxy) is 1. The number of aromatic nitrogens is 2. The summed E-state index contributed by atoms with van der Waals surface area (Å²) in [6.45, 7) is 8.25. The first-order valence-corrected chi connectivity index (χ1v) is 9.63. The molecule has 8 heteroatoms. The van der Waals surface area contributed by atoms with Gasteiger partial charge in [0.25, 0.3) is 10.0 Å². The third kappa shape index (κ3) is 5.27. The third-order valence-corrected chi connectivity index (χ3v) is 5.57. The number of rotatable bonds is 8. The van der Waals surface area contributed by atoms with Gasteiger partial charge in [0.1, 0.15) is 6.73 Å². The standard InChI is InChI=1S/C15H28N4O3S/c1-13-9-14(2)11-18(10-13)8-4-6-17-23(20,21)15-5-7-16-19(15)12-22-3/h5,7,13-14,17H,4,6,8-12H2,1-3H3/t13-,14+. The van der Waals surface area contributed by atoms with Crippen molar-refractivity contribution in [2.24, 2.45) is 11.8 Å². The van der Waals surface area contributed by atoms with Crippen LogP contribution in [0.4, 0.5) is 0 Å². The fraction of sp³-hybridized carbons (Fsp3) is 0.800. The Hall–Kier alpha value is -0.960. The third-order valence-electron chi connectivity index (χ3n) is 4.09. The van der Waals surface area contributed by atoms with Gasteiger partial charge >= 0.3 is 0 Å². The maximum absolute atomic E-state index is 12.3. The van der Waals surface area contributed by atoms with Crippen LogP contribution < -0.4 is 4.72 Å². The van der Waals surface area contributed by atoms with E-state index in [-0.39, 0.29) is 11.8 Å². The van der Waals surface area contributed by atoms with Gasteiger partial charge in [0.05, 0.1) is 6.20 Å². The zero-order valence-corrected chi connectivity index (χ0v) is 15.1. The SMILES string of the molecule is COCn1nccc1S(=O)(=O)NCCCN1C[C@H](C)C[C@H](C)C1. The highest BCUT2D eigenvalue weighted by molar-refractivity contribution is 7.89. The van der Waals surface area contributed by atoms with E-state index >= 15 is 0 Å². The lowest BCUT2D eigenvalue weighted by molar-refractivity contribution is 0.112. The maximum atomic E-state index is 12.3. The lowest BCUT2D eigenvalue weighted by Crippen LogP contribution is -2.40. The molecule has 1 aliphatic rings. The van der Waals surface area contributed by atoms with Crippen molar-refractivity contribution in [2.75, 3.05) is 33.3 Å². The Balaban J connectivity index is 1.80. The van der Waals surface area contributed by atoms with Gasteiger partial charge in [-0.05, 0) is 37.3 Å². The van der Waals surface area contributed by atoms with Crippen molar-refractivity contribution in [1.82, 2.24) is 19.4 Å². The van der Waals surface area contributed by atoms with Crippen LogP contribution in [0.25, 0.3) is 0 Å². The molecule has 132 valence electrons. The fourth-order valence-electron chi connectivity index (χ4n) is 3.33. The van der Waals surface area contributed by atoms with E-state index in [1.807, 2.05) is 0 Å². The summed E-state index contributed by atoms with van der Waals surface area (Å²) in [5.74, 6) is 1.44. The molecule has 7 nitrogen and oxygen atoms in total. The topological polar surface area (TPSA) is 76.5 Å². The molecule has 1 aromatic heterocycles. The van der Waals surface area contributed by atoms with Crippen LogP contribution in [-0.4, -0.2) is 56.4 Å². The van der Waals surface area contributed by atoms with E-state index in [1.54, 1.807) is 0 Å². The summed E-state index contributed by atoms with van der Waals surface area (Å²) in [5, 5.41) is 4.09. The van der Waals surface area contributed by atoms with Gasteiger partial charge < -0.3 is 9.64 Å². The molecule has 0 aromatic carbocycles. The van der Waals surface area contributed by atoms with Crippen LogP contribution in [0.15, 0.2) is 17.3 Å². The van der Waals surface area contributed by atoms with Crippen molar-refractivity contribution in [3.8, 4) is 0 Å². The van der Waals surface area contributed by atoms with Gasteiger partial charge in [-0.2, -0.15) is 5.10 Å². The predicted molar refractivity (Wildman–Crippen MR) is 88.4 cm³/mol. The molecule has 1 fully saturated rings. The summed E-state index contributed by atoms with van der Waals surface area (Å²) < 4.78 is 33.5. The maximum Gasteiger partial charge on any atom is 0.257 e. The van der Waals surface area contributed by atoms with Gasteiger partial charge in [-0.3, -0.25) is 0 Å². The predicted octanol–water partition coefficient (Wildman–Crippen LogP) is 1.13. The molecule has 0 amide bonds. The minimum atomic E-state index is -3.54. The first kappa shape index (κ1) is 18.4. The molecule has 1 N–H and O–H groups in total. The number of nitrogens with zero attached hydrogens (tertiary/aromatic N) is 3. The molecule has 2 heterocycles. The first-order chi connectivity index (χ1) is 10.9. The minimum Gasteiger partial charge on any atom is -0.362 e. The summed E-state index contributed by atoms with van der Waals surface area (Å²) in [5.41, 5.74) is 0. The van der Waals surface area contributed by atoms with Crippen LogP contribution >= 0.6 is 0 Å². The summed E-state index contributed by atoms with van der Waals surface area (Å²) in [4.78, 5) is 2.43. The van der Waals surface area contributed by atoms with Crippen molar-refractivity contribution in [3.63, 3.8) is 0 Å². The van der Waals surface area contributed by atoms with Crippen molar-refractivity contribution in [3.05, 3.63) is 12.3 Å². The molecule has 1 aliphatic heterocycles. The Labute approximate surface area is 139 Å². The zero-order chi connectivity index (χ0) is 16.9. The second-order valence-electron chi connectivity index (χ2n) is 6.54. The zero-order valence-electron chi connectivity index (χ0n) is 14.2. The number of likely N-dealkylation sites (tertiary alicyclic amines) is 1. The molecule has 0 unspecified atom stereocenters. The van der Waals surface area contributed by atoms with Crippen molar-refractivity contribution >= 4 is 10.0 Å². The summed E-state index contributed by atoms with van der Waals surface area (Å²) in [6, 6.07) is 1.48. The Bertz CT molecular complexity index is 577. The number of nitrogens with one attached hydrogen (secondary N) is 1. The van der Waals surface area contributed by atoms with Crippen molar-refractivity contribution < 1.29 is 13.2 Å². The smallest absolute Gasteiger partial charge is 0.257 e. The summed E-state index contributed by atoms with van der Waals surface area (Å²) >= 11 is 0. The van der Waals surface area contributed by atoms with E-state index in [0.717, 1.165) is 37.9 Å². The number of sulfonamides is 1. The summed E-state index contributed by atoms with van der Waals surface area (Å²) in [6.07, 6.45) is 3.55. The number of methoxy groups -OCH3 is 1. The van der Waals surface area contributed by atoms with E-state index in [0.29, 0.717) is 6.54 Å². The number of piperidine rings is 1. The van der Waals surface area contributed by atoms with Gasteiger partial charge in [-0.25, -0.2) is 17.8 Å². The second-order valence-corrected chi connectivity index (χ2v) is 8.26. The van der Waals surface area contributed by atoms with E-state index in [9.17, 15) is 8.42 Å². The van der Waals surface area contributed by atoms with Crippen LogP contribution in [-0.2, 0) is 21.5 Å².